The minimum Gasteiger partial charge on any atom is -0.545 e. The third kappa shape index (κ3) is 2.64. The Bertz CT molecular complexity index is 613. The van der Waals surface area contributed by atoms with Gasteiger partial charge in [0.05, 0.1) is 11.7 Å². The predicted molar refractivity (Wildman–Crippen MR) is 88.1 cm³/mol. The molecule has 0 aromatic heterocycles. The van der Waals surface area contributed by atoms with Crippen LogP contribution >= 0.6 is 0 Å². The largest absolute Gasteiger partial charge is 0.545 e. The third-order valence-corrected chi connectivity index (χ3v) is 6.28. The number of rotatable bonds is 4. The van der Waals surface area contributed by atoms with Crippen LogP contribution in [0, 0.1) is 23.2 Å². The molecule has 0 spiro atoms. The van der Waals surface area contributed by atoms with Crippen molar-refractivity contribution in [3.63, 3.8) is 0 Å². The summed E-state index contributed by atoms with van der Waals surface area (Å²) in [5.41, 5.74) is 5.66. The van der Waals surface area contributed by atoms with Crippen molar-refractivity contribution in [2.24, 2.45) is 28.3 Å². The maximum Gasteiger partial charge on any atom is 0.0715 e. The molecular weight excluding hydrogens is 288 g/mol. The van der Waals surface area contributed by atoms with Crippen LogP contribution in [0.1, 0.15) is 55.8 Å². The van der Waals surface area contributed by atoms with Crippen LogP contribution in [0.2, 0.25) is 0 Å². The standard InChI is InChI=1S/C19H24N2O2/c1-12(20-21-17-4-2-16(3-5-17)18(22)23)19-9-13-6-14(10-19)8-15(7-13)11-19/h2-5,13-15,21H,6-11H2,1H3,(H,22,23)/p-1/b20-12-. The minimum absolute atomic E-state index is 0.192. The lowest BCUT2D eigenvalue weighted by Crippen LogP contribution is -2.49. The summed E-state index contributed by atoms with van der Waals surface area (Å²) in [4.78, 5) is 10.8. The van der Waals surface area contributed by atoms with Crippen LogP contribution in [0.25, 0.3) is 0 Å². The van der Waals surface area contributed by atoms with Crippen molar-refractivity contribution in [3.05, 3.63) is 29.8 Å². The first kappa shape index (κ1) is 14.7. The Morgan fingerprint density at radius 3 is 2.09 bits per heavy atom. The van der Waals surface area contributed by atoms with Gasteiger partial charge in [-0.05, 0) is 80.9 Å². The van der Waals surface area contributed by atoms with Gasteiger partial charge in [-0.3, -0.25) is 5.43 Å². The number of carbonyl (C=O) groups is 1. The van der Waals surface area contributed by atoms with Crippen LogP contribution in [-0.2, 0) is 0 Å². The first-order valence-electron chi connectivity index (χ1n) is 8.66. The number of benzene rings is 1. The monoisotopic (exact) mass is 311 g/mol. The zero-order valence-corrected chi connectivity index (χ0v) is 13.5. The van der Waals surface area contributed by atoms with Gasteiger partial charge < -0.3 is 9.90 Å². The van der Waals surface area contributed by atoms with Crippen LogP contribution in [-0.4, -0.2) is 11.7 Å². The molecule has 0 aliphatic heterocycles. The number of hydrazone groups is 1. The number of aromatic carboxylic acids is 1. The lowest BCUT2D eigenvalue weighted by atomic mass is 9.48. The Kier molecular flexibility index (Phi) is 3.43. The Morgan fingerprint density at radius 2 is 1.61 bits per heavy atom. The summed E-state index contributed by atoms with van der Waals surface area (Å²) in [7, 11) is 0. The molecule has 4 heteroatoms. The van der Waals surface area contributed by atoms with Crippen molar-refractivity contribution in [1.29, 1.82) is 0 Å². The molecular formula is C19H23N2O2-. The van der Waals surface area contributed by atoms with Gasteiger partial charge in [0.2, 0.25) is 0 Å². The average Bonchev–Trinajstić information content (AvgIpc) is 2.51. The molecule has 4 fully saturated rings. The van der Waals surface area contributed by atoms with E-state index in [-0.39, 0.29) is 5.56 Å². The highest BCUT2D eigenvalue weighted by Crippen LogP contribution is 2.60. The second-order valence-electron chi connectivity index (χ2n) is 7.87. The summed E-state index contributed by atoms with van der Waals surface area (Å²) in [5.74, 6) is 1.58. The fraction of sp³-hybridized carbons (Fsp3) is 0.579. The second-order valence-corrected chi connectivity index (χ2v) is 7.87. The molecule has 0 saturated heterocycles. The normalized spacial score (nSPS) is 35.3. The zero-order chi connectivity index (χ0) is 16.0. The molecule has 1 aromatic carbocycles. The maximum absolute atomic E-state index is 10.8. The number of nitrogens with zero attached hydrogens (tertiary/aromatic N) is 1. The lowest BCUT2D eigenvalue weighted by molar-refractivity contribution is -0.255. The van der Waals surface area contributed by atoms with Crippen molar-refractivity contribution >= 4 is 17.4 Å². The Hall–Kier alpha value is -1.84. The molecule has 4 aliphatic carbocycles. The van der Waals surface area contributed by atoms with Gasteiger partial charge in [-0.2, -0.15) is 5.10 Å². The maximum atomic E-state index is 10.8. The molecule has 0 radical (unpaired) electrons. The van der Waals surface area contributed by atoms with E-state index in [0.29, 0.717) is 5.41 Å². The molecule has 4 aliphatic rings. The molecule has 4 nitrogen and oxygen atoms in total. The fourth-order valence-electron chi connectivity index (χ4n) is 5.50. The SMILES string of the molecule is C/C(=N/Nc1ccc(C(=O)[O-])cc1)C12CC3CC(CC(C3)C1)C2. The van der Waals surface area contributed by atoms with E-state index in [1.807, 2.05) is 0 Å². The lowest BCUT2D eigenvalue weighted by Gasteiger charge is -2.56. The average molecular weight is 311 g/mol. The topological polar surface area (TPSA) is 64.5 Å². The van der Waals surface area contributed by atoms with Crippen molar-refractivity contribution < 1.29 is 9.90 Å². The number of hydrogen-bond donors (Lipinski definition) is 1. The van der Waals surface area contributed by atoms with Gasteiger partial charge in [0, 0.05) is 11.1 Å². The van der Waals surface area contributed by atoms with E-state index in [1.165, 1.54) is 44.2 Å². The Morgan fingerprint density at radius 1 is 1.09 bits per heavy atom. The van der Waals surface area contributed by atoms with Gasteiger partial charge in [0.15, 0.2) is 0 Å². The first-order chi connectivity index (χ1) is 11.0. The van der Waals surface area contributed by atoms with Gasteiger partial charge in [0.25, 0.3) is 0 Å². The molecule has 5 rings (SSSR count). The third-order valence-electron chi connectivity index (χ3n) is 6.28. The van der Waals surface area contributed by atoms with E-state index in [4.69, 9.17) is 0 Å². The highest BCUT2D eigenvalue weighted by atomic mass is 16.4. The van der Waals surface area contributed by atoms with E-state index in [0.717, 1.165) is 23.4 Å². The van der Waals surface area contributed by atoms with Gasteiger partial charge >= 0.3 is 0 Å². The Labute approximate surface area is 137 Å². The fourth-order valence-corrected chi connectivity index (χ4v) is 5.50. The highest BCUT2D eigenvalue weighted by Gasteiger charge is 2.52. The van der Waals surface area contributed by atoms with Crippen LogP contribution in [0.15, 0.2) is 29.4 Å². The van der Waals surface area contributed by atoms with Crippen LogP contribution < -0.4 is 10.5 Å². The number of carboxylic acids is 1. The summed E-state index contributed by atoms with van der Waals surface area (Å²) in [5, 5.41) is 15.4. The molecule has 0 unspecified atom stereocenters. The van der Waals surface area contributed by atoms with Crippen LogP contribution in [0.4, 0.5) is 5.69 Å². The van der Waals surface area contributed by atoms with Crippen molar-refractivity contribution in [1.82, 2.24) is 0 Å². The van der Waals surface area contributed by atoms with E-state index in [1.54, 1.807) is 24.3 Å². The van der Waals surface area contributed by atoms with Crippen molar-refractivity contribution in [2.75, 3.05) is 5.43 Å². The number of anilines is 1. The molecule has 0 amide bonds. The minimum atomic E-state index is -1.15. The van der Waals surface area contributed by atoms with E-state index in [2.05, 4.69) is 17.5 Å². The van der Waals surface area contributed by atoms with Gasteiger partial charge in [-0.1, -0.05) is 12.1 Å². The molecule has 1 N–H and O–H groups in total. The van der Waals surface area contributed by atoms with E-state index in [9.17, 15) is 9.90 Å². The summed E-state index contributed by atoms with van der Waals surface area (Å²) in [6.07, 6.45) is 8.22. The van der Waals surface area contributed by atoms with Crippen molar-refractivity contribution in [3.8, 4) is 0 Å². The highest BCUT2D eigenvalue weighted by molar-refractivity contribution is 5.89. The van der Waals surface area contributed by atoms with Crippen LogP contribution in [0.5, 0.6) is 0 Å². The summed E-state index contributed by atoms with van der Waals surface area (Å²) >= 11 is 0. The molecule has 23 heavy (non-hydrogen) atoms. The van der Waals surface area contributed by atoms with Gasteiger partial charge in [0.1, 0.15) is 0 Å². The summed E-state index contributed by atoms with van der Waals surface area (Å²) in [6, 6.07) is 6.57. The summed E-state index contributed by atoms with van der Waals surface area (Å²) in [6.45, 7) is 2.16. The molecule has 0 atom stereocenters. The number of carbonyl (C=O) groups excluding carboxylic acids is 1. The molecule has 0 heterocycles. The molecule has 122 valence electrons. The molecule has 4 saturated carbocycles. The summed E-state index contributed by atoms with van der Waals surface area (Å²) < 4.78 is 0. The second kappa shape index (κ2) is 5.36. The number of nitrogens with one attached hydrogen (secondary N) is 1. The number of hydrogen-bond acceptors (Lipinski definition) is 4. The molecule has 4 bridgehead atoms. The number of carboxylic acid groups (broad SMARTS) is 1. The van der Waals surface area contributed by atoms with Crippen LogP contribution in [0.3, 0.4) is 0 Å². The predicted octanol–water partition coefficient (Wildman–Crippen LogP) is 3.05. The van der Waals surface area contributed by atoms with Crippen molar-refractivity contribution in [2.45, 2.75) is 45.4 Å². The van der Waals surface area contributed by atoms with E-state index >= 15 is 0 Å². The molecule has 1 aromatic rings. The smallest absolute Gasteiger partial charge is 0.0715 e. The zero-order valence-electron chi connectivity index (χ0n) is 13.5. The van der Waals surface area contributed by atoms with Gasteiger partial charge in [-0.15, -0.1) is 0 Å². The van der Waals surface area contributed by atoms with Gasteiger partial charge in [-0.25, -0.2) is 0 Å². The Balaban J connectivity index is 1.49. The van der Waals surface area contributed by atoms with E-state index < -0.39 is 5.97 Å². The first-order valence-corrected chi connectivity index (χ1v) is 8.66. The quantitative estimate of drug-likeness (QED) is 0.686.